The number of hydrogen-bond donors (Lipinski definition) is 0. The predicted molar refractivity (Wildman–Crippen MR) is 80.5 cm³/mol. The molecule has 2 aliphatic carbocycles. The van der Waals surface area contributed by atoms with E-state index in [-0.39, 0.29) is 0 Å². The zero-order valence-electron chi connectivity index (χ0n) is 13.3. The summed E-state index contributed by atoms with van der Waals surface area (Å²) in [4.78, 5) is 0. The Kier molecular flexibility index (Phi) is 4.78. The first-order valence-electron chi connectivity index (χ1n) is 8.51. The molecule has 0 amide bonds. The summed E-state index contributed by atoms with van der Waals surface area (Å²) in [5.74, 6) is 7.15. The fraction of sp³-hybridized carbons (Fsp3) is 1.00. The monoisotopic (exact) mass is 250 g/mol. The lowest BCUT2D eigenvalue weighted by atomic mass is 9.59. The van der Waals surface area contributed by atoms with E-state index in [1.165, 1.54) is 32.1 Å². The van der Waals surface area contributed by atoms with Gasteiger partial charge in [0.15, 0.2) is 0 Å². The number of rotatable bonds is 6. The molecular formula is C18H34. The lowest BCUT2D eigenvalue weighted by Crippen LogP contribution is -2.36. The fourth-order valence-electron chi connectivity index (χ4n) is 4.42. The molecule has 0 bridgehead atoms. The topological polar surface area (TPSA) is 0 Å². The minimum absolute atomic E-state index is 0.923. The highest BCUT2D eigenvalue weighted by Gasteiger charge is 2.39. The molecule has 0 nitrogen and oxygen atoms in total. The van der Waals surface area contributed by atoms with Crippen LogP contribution in [0, 0.1) is 41.4 Å². The third-order valence-electron chi connectivity index (χ3n) is 6.21. The second-order valence-corrected chi connectivity index (χ2v) is 7.96. The fourth-order valence-corrected chi connectivity index (χ4v) is 4.42. The van der Waals surface area contributed by atoms with E-state index in [1.54, 1.807) is 6.42 Å². The van der Waals surface area contributed by atoms with Crippen LogP contribution in [0.25, 0.3) is 0 Å². The van der Waals surface area contributed by atoms with E-state index in [0.29, 0.717) is 0 Å². The van der Waals surface area contributed by atoms with Gasteiger partial charge < -0.3 is 0 Å². The summed E-state index contributed by atoms with van der Waals surface area (Å²) in [5.41, 5.74) is 0. The Morgan fingerprint density at radius 2 is 1.56 bits per heavy atom. The smallest absolute Gasteiger partial charge is 0.0357 e. The molecule has 0 heteroatoms. The van der Waals surface area contributed by atoms with Crippen molar-refractivity contribution in [2.45, 2.75) is 73.1 Å². The van der Waals surface area contributed by atoms with Crippen LogP contribution < -0.4 is 0 Å². The highest BCUT2D eigenvalue weighted by Crippen LogP contribution is 2.49. The Balaban J connectivity index is 1.80. The zero-order chi connectivity index (χ0) is 13.3. The molecule has 0 spiro atoms. The highest BCUT2D eigenvalue weighted by atomic mass is 14.4. The minimum Gasteiger partial charge on any atom is -0.0651 e. The highest BCUT2D eigenvalue weighted by molar-refractivity contribution is 4.89. The molecule has 0 aromatic rings. The van der Waals surface area contributed by atoms with Crippen LogP contribution in [-0.4, -0.2) is 0 Å². The van der Waals surface area contributed by atoms with Crippen molar-refractivity contribution in [3.63, 3.8) is 0 Å². The number of hydrogen-bond acceptors (Lipinski definition) is 0. The van der Waals surface area contributed by atoms with E-state index in [0.717, 1.165) is 41.4 Å². The van der Waals surface area contributed by atoms with Gasteiger partial charge in [-0.3, -0.25) is 0 Å². The SMILES string of the molecule is CCC(C)C(CC1CC(C(C)C)C1)C1CC(C)C1. The van der Waals surface area contributed by atoms with E-state index in [4.69, 9.17) is 0 Å². The minimum atomic E-state index is 0.923. The zero-order valence-corrected chi connectivity index (χ0v) is 13.3. The van der Waals surface area contributed by atoms with Crippen LogP contribution in [0.1, 0.15) is 73.1 Å². The Labute approximate surface area is 115 Å². The third kappa shape index (κ3) is 3.11. The van der Waals surface area contributed by atoms with Crippen molar-refractivity contribution < 1.29 is 0 Å². The van der Waals surface area contributed by atoms with Crippen LogP contribution in [-0.2, 0) is 0 Å². The van der Waals surface area contributed by atoms with Crippen LogP contribution in [0.2, 0.25) is 0 Å². The van der Waals surface area contributed by atoms with E-state index in [1.807, 2.05) is 0 Å². The van der Waals surface area contributed by atoms with Crippen molar-refractivity contribution in [1.82, 2.24) is 0 Å². The average Bonchev–Trinajstić information content (AvgIpc) is 2.22. The molecule has 2 saturated carbocycles. The first kappa shape index (κ1) is 14.4. The van der Waals surface area contributed by atoms with Gasteiger partial charge in [-0.25, -0.2) is 0 Å². The molecule has 2 aliphatic rings. The molecule has 2 atom stereocenters. The summed E-state index contributed by atoms with van der Waals surface area (Å²) in [6, 6.07) is 0. The standard InChI is InChI=1S/C18H34/c1-6-14(5)18(17-7-13(4)8-17)11-15-9-16(10-15)12(2)3/h12-18H,6-11H2,1-5H3. The van der Waals surface area contributed by atoms with Gasteiger partial charge in [0.1, 0.15) is 0 Å². The van der Waals surface area contributed by atoms with Gasteiger partial charge in [0.05, 0.1) is 0 Å². The first-order chi connectivity index (χ1) is 8.51. The van der Waals surface area contributed by atoms with E-state index >= 15 is 0 Å². The van der Waals surface area contributed by atoms with Crippen LogP contribution in [0.4, 0.5) is 0 Å². The molecule has 0 N–H and O–H groups in total. The predicted octanol–water partition coefficient (Wildman–Crippen LogP) is 5.77. The van der Waals surface area contributed by atoms with Gasteiger partial charge in [0.25, 0.3) is 0 Å². The summed E-state index contributed by atoms with van der Waals surface area (Å²) in [6.07, 6.45) is 9.05. The van der Waals surface area contributed by atoms with Gasteiger partial charge >= 0.3 is 0 Å². The Morgan fingerprint density at radius 3 is 2.00 bits per heavy atom. The lowest BCUT2D eigenvalue weighted by Gasteiger charge is -2.46. The van der Waals surface area contributed by atoms with Gasteiger partial charge in [-0.1, -0.05) is 41.0 Å². The molecule has 0 aliphatic heterocycles. The van der Waals surface area contributed by atoms with Crippen molar-refractivity contribution in [2.24, 2.45) is 41.4 Å². The van der Waals surface area contributed by atoms with Crippen molar-refractivity contribution in [1.29, 1.82) is 0 Å². The van der Waals surface area contributed by atoms with E-state index < -0.39 is 0 Å². The van der Waals surface area contributed by atoms with Crippen LogP contribution in [0.15, 0.2) is 0 Å². The molecule has 106 valence electrons. The quantitative estimate of drug-likeness (QED) is 0.561. The molecule has 2 unspecified atom stereocenters. The Hall–Kier alpha value is 0. The maximum absolute atomic E-state index is 2.51. The maximum Gasteiger partial charge on any atom is -0.0357 e. The lowest BCUT2D eigenvalue weighted by molar-refractivity contribution is 0.0409. The molecule has 0 heterocycles. The largest absolute Gasteiger partial charge is 0.0651 e. The van der Waals surface area contributed by atoms with Crippen molar-refractivity contribution in [2.75, 3.05) is 0 Å². The van der Waals surface area contributed by atoms with Gasteiger partial charge in [-0.2, -0.15) is 0 Å². The normalized spacial score (nSPS) is 39.0. The van der Waals surface area contributed by atoms with Crippen molar-refractivity contribution in [3.8, 4) is 0 Å². The average molecular weight is 250 g/mol. The molecular weight excluding hydrogens is 216 g/mol. The summed E-state index contributed by atoms with van der Waals surface area (Å²) < 4.78 is 0. The molecule has 0 saturated heterocycles. The second-order valence-electron chi connectivity index (χ2n) is 7.96. The summed E-state index contributed by atoms with van der Waals surface area (Å²) >= 11 is 0. The van der Waals surface area contributed by atoms with E-state index in [9.17, 15) is 0 Å². The van der Waals surface area contributed by atoms with Gasteiger partial charge in [-0.15, -0.1) is 0 Å². The van der Waals surface area contributed by atoms with Crippen LogP contribution >= 0.6 is 0 Å². The first-order valence-corrected chi connectivity index (χ1v) is 8.51. The Morgan fingerprint density at radius 1 is 0.944 bits per heavy atom. The van der Waals surface area contributed by atoms with Crippen LogP contribution in [0.3, 0.4) is 0 Å². The van der Waals surface area contributed by atoms with Gasteiger partial charge in [0, 0.05) is 0 Å². The second kappa shape index (κ2) is 5.97. The summed E-state index contributed by atoms with van der Waals surface area (Å²) in [6.45, 7) is 12.1. The summed E-state index contributed by atoms with van der Waals surface area (Å²) in [7, 11) is 0. The molecule has 2 fully saturated rings. The molecule has 0 aromatic carbocycles. The molecule has 0 aromatic heterocycles. The molecule has 2 rings (SSSR count). The van der Waals surface area contributed by atoms with Gasteiger partial charge in [0.2, 0.25) is 0 Å². The molecule has 0 radical (unpaired) electrons. The van der Waals surface area contributed by atoms with Gasteiger partial charge in [-0.05, 0) is 73.5 Å². The van der Waals surface area contributed by atoms with E-state index in [2.05, 4.69) is 34.6 Å². The van der Waals surface area contributed by atoms with Crippen molar-refractivity contribution in [3.05, 3.63) is 0 Å². The summed E-state index contributed by atoms with van der Waals surface area (Å²) in [5, 5.41) is 0. The Bertz CT molecular complexity index is 243. The van der Waals surface area contributed by atoms with Crippen LogP contribution in [0.5, 0.6) is 0 Å². The third-order valence-corrected chi connectivity index (χ3v) is 6.21. The molecule has 18 heavy (non-hydrogen) atoms. The van der Waals surface area contributed by atoms with Crippen molar-refractivity contribution >= 4 is 0 Å². The maximum atomic E-state index is 2.51.